The second-order valence-corrected chi connectivity index (χ2v) is 5.84. The molecule has 0 radical (unpaired) electrons. The van der Waals surface area contributed by atoms with Crippen LogP contribution in [0.4, 0.5) is 5.69 Å². The number of rotatable bonds is 5. The van der Waals surface area contributed by atoms with Crippen molar-refractivity contribution >= 4 is 11.5 Å². The summed E-state index contributed by atoms with van der Waals surface area (Å²) in [4.78, 5) is 12.4. The molecule has 0 saturated carbocycles. The SMILES string of the molecule is CC(NCC(=O)c1ccc2c(c1)CCCN2)c1ccccc1. The predicted octanol–water partition coefficient (Wildman–Crippen LogP) is 3.58. The number of ketones is 1. The van der Waals surface area contributed by atoms with E-state index in [-0.39, 0.29) is 11.8 Å². The maximum absolute atomic E-state index is 12.4. The molecule has 114 valence electrons. The number of nitrogens with one attached hydrogen (secondary N) is 2. The molecule has 3 rings (SSSR count). The summed E-state index contributed by atoms with van der Waals surface area (Å²) < 4.78 is 0. The van der Waals surface area contributed by atoms with Crippen molar-refractivity contribution < 1.29 is 4.79 Å². The maximum atomic E-state index is 12.4. The normalized spacial score (nSPS) is 14.8. The van der Waals surface area contributed by atoms with Gasteiger partial charge in [-0.2, -0.15) is 0 Å². The van der Waals surface area contributed by atoms with E-state index >= 15 is 0 Å². The van der Waals surface area contributed by atoms with E-state index < -0.39 is 0 Å². The average molecular weight is 294 g/mol. The van der Waals surface area contributed by atoms with Gasteiger partial charge in [0.15, 0.2) is 5.78 Å². The fourth-order valence-electron chi connectivity index (χ4n) is 2.86. The highest BCUT2D eigenvalue weighted by molar-refractivity contribution is 5.98. The Bertz CT molecular complexity index is 652. The molecule has 0 spiro atoms. The Morgan fingerprint density at radius 1 is 1.23 bits per heavy atom. The number of fused-ring (bicyclic) bond motifs is 1. The minimum atomic E-state index is 0.149. The second kappa shape index (κ2) is 6.75. The lowest BCUT2D eigenvalue weighted by Gasteiger charge is -2.19. The molecule has 2 aromatic rings. The highest BCUT2D eigenvalue weighted by Gasteiger charge is 2.13. The lowest BCUT2D eigenvalue weighted by Crippen LogP contribution is -2.26. The first-order valence-electron chi connectivity index (χ1n) is 7.92. The Labute approximate surface area is 131 Å². The highest BCUT2D eigenvalue weighted by Crippen LogP contribution is 2.23. The number of hydrogen-bond donors (Lipinski definition) is 2. The van der Waals surface area contributed by atoms with Gasteiger partial charge < -0.3 is 10.6 Å². The van der Waals surface area contributed by atoms with Crippen LogP contribution in [0.5, 0.6) is 0 Å². The van der Waals surface area contributed by atoms with Gasteiger partial charge in [-0.25, -0.2) is 0 Å². The van der Waals surface area contributed by atoms with Crippen molar-refractivity contribution in [3.05, 3.63) is 65.2 Å². The van der Waals surface area contributed by atoms with Crippen LogP contribution in [0, 0.1) is 0 Å². The molecule has 1 unspecified atom stereocenters. The molecule has 1 aliphatic heterocycles. The van der Waals surface area contributed by atoms with Gasteiger partial charge in [-0.05, 0) is 49.1 Å². The summed E-state index contributed by atoms with van der Waals surface area (Å²) in [5, 5.41) is 6.69. The number of anilines is 1. The average Bonchev–Trinajstić information content (AvgIpc) is 2.59. The fourth-order valence-corrected chi connectivity index (χ4v) is 2.86. The summed E-state index contributed by atoms with van der Waals surface area (Å²) in [6.07, 6.45) is 2.19. The van der Waals surface area contributed by atoms with Gasteiger partial charge in [0.1, 0.15) is 0 Å². The van der Waals surface area contributed by atoms with Crippen LogP contribution in [0.15, 0.2) is 48.5 Å². The first-order valence-corrected chi connectivity index (χ1v) is 7.92. The summed E-state index contributed by atoms with van der Waals surface area (Å²) in [7, 11) is 0. The number of carbonyl (C=O) groups excluding carboxylic acids is 1. The third-order valence-corrected chi connectivity index (χ3v) is 4.23. The van der Waals surface area contributed by atoms with Gasteiger partial charge in [-0.1, -0.05) is 30.3 Å². The highest BCUT2D eigenvalue weighted by atomic mass is 16.1. The van der Waals surface area contributed by atoms with E-state index in [1.807, 2.05) is 36.4 Å². The number of carbonyl (C=O) groups is 1. The Morgan fingerprint density at radius 2 is 2.05 bits per heavy atom. The largest absolute Gasteiger partial charge is 0.385 e. The Kier molecular flexibility index (Phi) is 4.54. The molecule has 2 N–H and O–H groups in total. The molecule has 0 fully saturated rings. The lowest BCUT2D eigenvalue weighted by atomic mass is 9.99. The van der Waals surface area contributed by atoms with Gasteiger partial charge >= 0.3 is 0 Å². The smallest absolute Gasteiger partial charge is 0.176 e. The molecule has 22 heavy (non-hydrogen) atoms. The fraction of sp³-hybridized carbons (Fsp3) is 0.316. The van der Waals surface area contributed by atoms with Crippen molar-refractivity contribution in [1.82, 2.24) is 5.32 Å². The molecule has 1 heterocycles. The topological polar surface area (TPSA) is 41.1 Å². The minimum Gasteiger partial charge on any atom is -0.385 e. The minimum absolute atomic E-state index is 0.149. The summed E-state index contributed by atoms with van der Waals surface area (Å²) in [6.45, 7) is 3.47. The molecule has 3 nitrogen and oxygen atoms in total. The quantitative estimate of drug-likeness (QED) is 0.828. The third-order valence-electron chi connectivity index (χ3n) is 4.23. The van der Waals surface area contributed by atoms with Crippen molar-refractivity contribution in [2.45, 2.75) is 25.8 Å². The first-order chi connectivity index (χ1) is 10.7. The molecule has 0 amide bonds. The van der Waals surface area contributed by atoms with Crippen LogP contribution >= 0.6 is 0 Å². The van der Waals surface area contributed by atoms with E-state index in [1.54, 1.807) is 0 Å². The van der Waals surface area contributed by atoms with Crippen molar-refractivity contribution in [1.29, 1.82) is 0 Å². The van der Waals surface area contributed by atoms with Gasteiger partial charge in [0, 0.05) is 23.8 Å². The zero-order valence-electron chi connectivity index (χ0n) is 12.9. The zero-order chi connectivity index (χ0) is 15.4. The number of benzene rings is 2. The van der Waals surface area contributed by atoms with Gasteiger partial charge in [0.2, 0.25) is 0 Å². The van der Waals surface area contributed by atoms with Gasteiger partial charge in [0.05, 0.1) is 6.54 Å². The molecule has 1 aliphatic rings. The van der Waals surface area contributed by atoms with Crippen LogP contribution in [0.25, 0.3) is 0 Å². The van der Waals surface area contributed by atoms with E-state index in [2.05, 4.69) is 29.7 Å². The van der Waals surface area contributed by atoms with Crippen LogP contribution in [-0.2, 0) is 6.42 Å². The monoisotopic (exact) mass is 294 g/mol. The van der Waals surface area contributed by atoms with Gasteiger partial charge in [-0.3, -0.25) is 4.79 Å². The molecule has 0 saturated heterocycles. The van der Waals surface area contributed by atoms with E-state index in [0.29, 0.717) is 6.54 Å². The van der Waals surface area contributed by atoms with Gasteiger partial charge in [-0.15, -0.1) is 0 Å². The molecular weight excluding hydrogens is 272 g/mol. The number of Topliss-reactive ketones (excluding diaryl/α,β-unsaturated/α-hetero) is 1. The molecule has 0 bridgehead atoms. The van der Waals surface area contributed by atoms with E-state index in [0.717, 1.165) is 24.9 Å². The maximum Gasteiger partial charge on any atom is 0.176 e. The van der Waals surface area contributed by atoms with Crippen molar-refractivity contribution in [3.63, 3.8) is 0 Å². The molecular formula is C19H22N2O. The number of hydrogen-bond acceptors (Lipinski definition) is 3. The van der Waals surface area contributed by atoms with E-state index in [1.165, 1.54) is 16.8 Å². The van der Waals surface area contributed by atoms with E-state index in [4.69, 9.17) is 0 Å². The summed E-state index contributed by atoms with van der Waals surface area (Å²) in [5.41, 5.74) is 4.43. The number of aryl methyl sites for hydroxylation is 1. The summed E-state index contributed by atoms with van der Waals surface area (Å²) in [6, 6.07) is 16.4. The van der Waals surface area contributed by atoms with Crippen LogP contribution in [0.3, 0.4) is 0 Å². The second-order valence-electron chi connectivity index (χ2n) is 5.84. The first kappa shape index (κ1) is 14.8. The third kappa shape index (κ3) is 3.37. The van der Waals surface area contributed by atoms with E-state index in [9.17, 15) is 4.79 Å². The zero-order valence-corrected chi connectivity index (χ0v) is 12.9. The molecule has 3 heteroatoms. The molecule has 1 atom stereocenters. The molecule has 0 aromatic heterocycles. The summed E-state index contributed by atoms with van der Waals surface area (Å²) in [5.74, 6) is 0.149. The van der Waals surface area contributed by atoms with Crippen LogP contribution < -0.4 is 10.6 Å². The van der Waals surface area contributed by atoms with Crippen molar-refractivity contribution in [2.24, 2.45) is 0 Å². The standard InChI is InChI=1S/C19H22N2O/c1-14(15-6-3-2-4-7-15)21-13-19(22)17-9-10-18-16(12-17)8-5-11-20-18/h2-4,6-7,9-10,12,14,20-21H,5,8,11,13H2,1H3. The van der Waals surface area contributed by atoms with Crippen LogP contribution in [-0.4, -0.2) is 18.9 Å². The van der Waals surface area contributed by atoms with Crippen molar-refractivity contribution in [2.75, 3.05) is 18.4 Å². The summed E-state index contributed by atoms with van der Waals surface area (Å²) >= 11 is 0. The van der Waals surface area contributed by atoms with Crippen LogP contribution in [0.1, 0.15) is 40.9 Å². The van der Waals surface area contributed by atoms with Crippen LogP contribution in [0.2, 0.25) is 0 Å². The Hall–Kier alpha value is -2.13. The van der Waals surface area contributed by atoms with Crippen molar-refractivity contribution in [3.8, 4) is 0 Å². The Balaban J connectivity index is 1.62. The molecule has 2 aromatic carbocycles. The predicted molar refractivity (Wildman–Crippen MR) is 90.4 cm³/mol. The van der Waals surface area contributed by atoms with Gasteiger partial charge in [0.25, 0.3) is 0 Å². The molecule has 0 aliphatic carbocycles. The Morgan fingerprint density at radius 3 is 2.86 bits per heavy atom. The lowest BCUT2D eigenvalue weighted by molar-refractivity contribution is 0.0988.